The van der Waals surface area contributed by atoms with Crippen molar-refractivity contribution in [2.75, 3.05) is 36.8 Å². The molecule has 1 aliphatic rings. The Morgan fingerprint density at radius 1 is 1.46 bits per heavy atom. The van der Waals surface area contributed by atoms with Crippen LogP contribution >= 0.6 is 47.1 Å². The molecule has 1 unspecified atom stereocenters. The highest BCUT2D eigenvalue weighted by molar-refractivity contribution is 14.0. The second-order valence-corrected chi connectivity index (χ2v) is 8.80. The summed E-state index contributed by atoms with van der Waals surface area (Å²) >= 11 is 3.51. The van der Waals surface area contributed by atoms with E-state index in [-0.39, 0.29) is 24.0 Å². The van der Waals surface area contributed by atoms with Crippen molar-refractivity contribution in [3.63, 3.8) is 0 Å². The number of aromatic nitrogens is 3. The van der Waals surface area contributed by atoms with Gasteiger partial charge in [-0.25, -0.2) is 4.98 Å². The number of thiazole rings is 1. The first-order chi connectivity index (χ1) is 13.2. The summed E-state index contributed by atoms with van der Waals surface area (Å²) in [6, 6.07) is 0.404. The van der Waals surface area contributed by atoms with Gasteiger partial charge in [0.15, 0.2) is 5.96 Å². The van der Waals surface area contributed by atoms with Crippen molar-refractivity contribution >= 4 is 58.7 Å². The van der Waals surface area contributed by atoms with Crippen molar-refractivity contribution < 1.29 is 0 Å². The number of guanidine groups is 1. The van der Waals surface area contributed by atoms with Crippen LogP contribution in [0, 0.1) is 0 Å². The molecule has 7 nitrogen and oxygen atoms in total. The monoisotopic (exact) mass is 535 g/mol. The van der Waals surface area contributed by atoms with E-state index in [1.54, 1.807) is 11.3 Å². The summed E-state index contributed by atoms with van der Waals surface area (Å²) in [7, 11) is 1.96. The quantitative estimate of drug-likeness (QED) is 0.178. The molecule has 0 amide bonds. The van der Waals surface area contributed by atoms with Crippen LogP contribution in [0.2, 0.25) is 0 Å². The average molecular weight is 536 g/mol. The SMILES string of the molecule is CCNC(=NCCCSc1nccs1)NC1CCCN(c2cnn(C)c2)C1.I. The molecule has 1 aliphatic heterocycles. The van der Waals surface area contributed by atoms with Gasteiger partial charge in [0, 0.05) is 62.8 Å². The number of rotatable bonds is 8. The van der Waals surface area contributed by atoms with E-state index in [2.05, 4.69) is 38.7 Å². The number of hydrogen-bond donors (Lipinski definition) is 2. The number of piperidine rings is 1. The van der Waals surface area contributed by atoms with E-state index in [0.29, 0.717) is 6.04 Å². The van der Waals surface area contributed by atoms with E-state index in [0.717, 1.165) is 48.7 Å². The van der Waals surface area contributed by atoms with Gasteiger partial charge >= 0.3 is 0 Å². The molecule has 0 aliphatic carbocycles. The van der Waals surface area contributed by atoms with Gasteiger partial charge in [-0.05, 0) is 26.2 Å². The molecule has 2 N–H and O–H groups in total. The molecular formula is C18H30IN7S2. The zero-order chi connectivity index (χ0) is 18.9. The lowest BCUT2D eigenvalue weighted by Crippen LogP contribution is -2.51. The van der Waals surface area contributed by atoms with E-state index in [1.807, 2.05) is 41.3 Å². The Labute approximate surface area is 192 Å². The number of hydrogen-bond acceptors (Lipinski definition) is 6. The zero-order valence-corrected chi connectivity index (χ0v) is 20.5. The molecule has 2 aromatic heterocycles. The molecule has 3 rings (SSSR count). The standard InChI is InChI=1S/C18H29N7S2.HI/c1-3-19-17(20-7-5-10-26-18-21-8-11-27-18)23-15-6-4-9-25(13-15)16-12-22-24(2)14-16;/h8,11-12,14-15H,3-7,9-10,13H2,1-2H3,(H2,19,20,23);1H. The molecule has 3 heterocycles. The van der Waals surface area contributed by atoms with Gasteiger partial charge < -0.3 is 15.5 Å². The van der Waals surface area contributed by atoms with Crippen LogP contribution in [-0.4, -0.2) is 58.7 Å². The Morgan fingerprint density at radius 3 is 3.07 bits per heavy atom. The van der Waals surface area contributed by atoms with E-state index >= 15 is 0 Å². The summed E-state index contributed by atoms with van der Waals surface area (Å²) in [6.07, 6.45) is 9.28. The molecule has 1 saturated heterocycles. The highest BCUT2D eigenvalue weighted by atomic mass is 127. The molecule has 0 radical (unpaired) electrons. The normalized spacial score (nSPS) is 17.3. The van der Waals surface area contributed by atoms with Gasteiger partial charge in [-0.1, -0.05) is 11.8 Å². The van der Waals surface area contributed by atoms with Crippen molar-refractivity contribution in [3.8, 4) is 0 Å². The minimum atomic E-state index is 0. The lowest BCUT2D eigenvalue weighted by atomic mass is 10.1. The van der Waals surface area contributed by atoms with Gasteiger partial charge in [0.25, 0.3) is 0 Å². The first-order valence-electron chi connectivity index (χ1n) is 9.55. The highest BCUT2D eigenvalue weighted by Gasteiger charge is 2.21. The lowest BCUT2D eigenvalue weighted by Gasteiger charge is -2.34. The molecule has 1 fully saturated rings. The minimum Gasteiger partial charge on any atom is -0.367 e. The van der Waals surface area contributed by atoms with Crippen LogP contribution in [0.3, 0.4) is 0 Å². The van der Waals surface area contributed by atoms with Crippen molar-refractivity contribution in [1.29, 1.82) is 0 Å². The summed E-state index contributed by atoms with van der Waals surface area (Å²) < 4.78 is 3.00. The van der Waals surface area contributed by atoms with Crippen LogP contribution in [-0.2, 0) is 7.05 Å². The zero-order valence-electron chi connectivity index (χ0n) is 16.5. The molecule has 156 valence electrons. The van der Waals surface area contributed by atoms with Crippen LogP contribution in [0.1, 0.15) is 26.2 Å². The summed E-state index contributed by atoms with van der Waals surface area (Å²) in [5.41, 5.74) is 1.20. The van der Waals surface area contributed by atoms with Crippen LogP contribution in [0.4, 0.5) is 5.69 Å². The maximum atomic E-state index is 4.76. The second-order valence-electron chi connectivity index (χ2n) is 6.56. The fraction of sp³-hybridized carbons (Fsp3) is 0.611. The molecular weight excluding hydrogens is 505 g/mol. The topological polar surface area (TPSA) is 70.4 Å². The number of halogens is 1. The van der Waals surface area contributed by atoms with Gasteiger partial charge in [0.05, 0.1) is 11.9 Å². The predicted octanol–water partition coefficient (Wildman–Crippen LogP) is 3.20. The molecule has 28 heavy (non-hydrogen) atoms. The third-order valence-electron chi connectivity index (χ3n) is 4.37. The minimum absolute atomic E-state index is 0. The molecule has 0 spiro atoms. The molecule has 0 aromatic carbocycles. The number of thioether (sulfide) groups is 1. The third kappa shape index (κ3) is 7.43. The fourth-order valence-electron chi connectivity index (χ4n) is 3.11. The number of nitrogens with zero attached hydrogens (tertiary/aromatic N) is 5. The second kappa shape index (κ2) is 12.5. The van der Waals surface area contributed by atoms with Gasteiger partial charge in [-0.3, -0.25) is 9.67 Å². The number of nitrogens with one attached hydrogen (secondary N) is 2. The van der Waals surface area contributed by atoms with Gasteiger partial charge in [0.1, 0.15) is 4.34 Å². The Bertz CT molecular complexity index is 705. The number of aliphatic imine (C=N–C) groups is 1. The maximum Gasteiger partial charge on any atom is 0.191 e. The van der Waals surface area contributed by atoms with Crippen LogP contribution in [0.15, 0.2) is 33.3 Å². The van der Waals surface area contributed by atoms with Crippen molar-refractivity contribution in [2.45, 2.75) is 36.6 Å². The molecule has 1 atom stereocenters. The smallest absolute Gasteiger partial charge is 0.191 e. The highest BCUT2D eigenvalue weighted by Crippen LogP contribution is 2.21. The van der Waals surface area contributed by atoms with E-state index < -0.39 is 0 Å². The van der Waals surface area contributed by atoms with Crippen LogP contribution < -0.4 is 15.5 Å². The largest absolute Gasteiger partial charge is 0.367 e. The Balaban J connectivity index is 0.00000280. The van der Waals surface area contributed by atoms with E-state index in [9.17, 15) is 0 Å². The maximum absolute atomic E-state index is 4.76. The van der Waals surface area contributed by atoms with Gasteiger partial charge in [0.2, 0.25) is 0 Å². The van der Waals surface area contributed by atoms with E-state index in [1.165, 1.54) is 18.5 Å². The summed E-state index contributed by atoms with van der Waals surface area (Å²) in [5, 5.41) is 13.3. The first kappa shape index (κ1) is 23.3. The summed E-state index contributed by atoms with van der Waals surface area (Å²) in [6.45, 7) is 5.88. The molecule has 0 saturated carbocycles. The lowest BCUT2D eigenvalue weighted by molar-refractivity contribution is 0.468. The fourth-order valence-corrected chi connectivity index (χ4v) is 4.74. The number of anilines is 1. The molecule has 2 aromatic rings. The molecule has 0 bridgehead atoms. The Morgan fingerprint density at radius 2 is 2.36 bits per heavy atom. The Hall–Kier alpha value is -1.01. The van der Waals surface area contributed by atoms with Gasteiger partial charge in [-0.15, -0.1) is 35.3 Å². The third-order valence-corrected chi connectivity index (χ3v) is 6.42. The predicted molar refractivity (Wildman–Crippen MR) is 130 cm³/mol. The van der Waals surface area contributed by atoms with Gasteiger partial charge in [-0.2, -0.15) is 5.10 Å². The number of aryl methyl sites for hydroxylation is 1. The van der Waals surface area contributed by atoms with Crippen LogP contribution in [0.25, 0.3) is 0 Å². The first-order valence-corrected chi connectivity index (χ1v) is 11.4. The van der Waals surface area contributed by atoms with Crippen molar-refractivity contribution in [3.05, 3.63) is 24.0 Å². The summed E-state index contributed by atoms with van der Waals surface area (Å²) in [4.78, 5) is 11.5. The average Bonchev–Trinajstić information content (AvgIpc) is 3.33. The van der Waals surface area contributed by atoms with Crippen LogP contribution in [0.5, 0.6) is 0 Å². The summed E-state index contributed by atoms with van der Waals surface area (Å²) in [5.74, 6) is 1.98. The molecule has 10 heteroatoms. The Kier molecular flexibility index (Phi) is 10.4. The van der Waals surface area contributed by atoms with Crippen molar-refractivity contribution in [2.24, 2.45) is 12.0 Å². The van der Waals surface area contributed by atoms with Crippen molar-refractivity contribution in [1.82, 2.24) is 25.4 Å². The van der Waals surface area contributed by atoms with E-state index in [4.69, 9.17) is 4.99 Å².